The Morgan fingerprint density at radius 2 is 2.32 bits per heavy atom. The number of hydrogen-bond acceptors (Lipinski definition) is 6. The molecule has 3 N–H and O–H groups in total. The molecular weight excluding hydrogens is 250 g/mol. The lowest BCUT2D eigenvalue weighted by molar-refractivity contribution is -0.385. The van der Waals surface area contributed by atoms with Crippen molar-refractivity contribution in [3.63, 3.8) is 0 Å². The van der Waals surface area contributed by atoms with E-state index in [-0.39, 0.29) is 17.1 Å². The molecule has 0 aliphatic carbocycles. The van der Waals surface area contributed by atoms with E-state index in [0.717, 1.165) is 6.20 Å². The highest BCUT2D eigenvalue weighted by molar-refractivity contribution is 6.01. The van der Waals surface area contributed by atoms with Crippen LogP contribution in [0.2, 0.25) is 0 Å². The van der Waals surface area contributed by atoms with Gasteiger partial charge in [-0.05, 0) is 5.92 Å². The van der Waals surface area contributed by atoms with Crippen molar-refractivity contribution in [2.24, 2.45) is 16.8 Å². The summed E-state index contributed by atoms with van der Waals surface area (Å²) in [5, 5.41) is 22.4. The van der Waals surface area contributed by atoms with Gasteiger partial charge in [-0.1, -0.05) is 19.0 Å². The van der Waals surface area contributed by atoms with Crippen LogP contribution < -0.4 is 10.6 Å². The predicted molar refractivity (Wildman–Crippen MR) is 71.5 cm³/mol. The van der Waals surface area contributed by atoms with Crippen molar-refractivity contribution >= 4 is 17.3 Å². The van der Waals surface area contributed by atoms with E-state index in [9.17, 15) is 10.1 Å². The minimum Gasteiger partial charge on any atom is -0.409 e. The molecule has 19 heavy (non-hydrogen) atoms. The van der Waals surface area contributed by atoms with Crippen LogP contribution in [0.1, 0.15) is 19.4 Å². The molecule has 0 fully saturated rings. The Hall–Kier alpha value is -2.38. The zero-order valence-corrected chi connectivity index (χ0v) is 11.1. The maximum Gasteiger partial charge on any atom is 0.288 e. The number of aromatic nitrogens is 1. The van der Waals surface area contributed by atoms with Crippen molar-refractivity contribution in [1.29, 1.82) is 0 Å². The molecule has 1 rings (SSSR count). The topological polar surface area (TPSA) is 118 Å². The van der Waals surface area contributed by atoms with Crippen LogP contribution >= 0.6 is 0 Å². The minimum atomic E-state index is -0.576. The Morgan fingerprint density at radius 3 is 2.79 bits per heavy atom. The van der Waals surface area contributed by atoms with Gasteiger partial charge in [-0.2, -0.15) is 0 Å². The lowest BCUT2D eigenvalue weighted by atomic mass is 10.1. The van der Waals surface area contributed by atoms with Crippen LogP contribution in [0, 0.1) is 16.0 Å². The van der Waals surface area contributed by atoms with Gasteiger partial charge in [0.25, 0.3) is 5.69 Å². The highest BCUT2D eigenvalue weighted by atomic mass is 16.6. The number of nitrogens with two attached hydrogens (primary N) is 1. The van der Waals surface area contributed by atoms with Gasteiger partial charge >= 0.3 is 0 Å². The Morgan fingerprint density at radius 1 is 1.68 bits per heavy atom. The maximum absolute atomic E-state index is 10.7. The zero-order chi connectivity index (χ0) is 14.6. The summed E-state index contributed by atoms with van der Waals surface area (Å²) >= 11 is 0. The SMILES string of the molecule is CC(C)CN(C)c1ncc([N+](=O)[O-])cc1C(N)=NO. The average molecular weight is 267 g/mol. The molecule has 0 amide bonds. The predicted octanol–water partition coefficient (Wildman–Crippen LogP) is 1.18. The summed E-state index contributed by atoms with van der Waals surface area (Å²) in [5.74, 6) is 0.610. The maximum atomic E-state index is 10.7. The molecule has 0 unspecified atom stereocenters. The van der Waals surface area contributed by atoms with Crippen LogP contribution in [0.15, 0.2) is 17.4 Å². The lowest BCUT2D eigenvalue weighted by Crippen LogP contribution is -2.27. The largest absolute Gasteiger partial charge is 0.409 e. The van der Waals surface area contributed by atoms with Crippen molar-refractivity contribution in [3.8, 4) is 0 Å². The summed E-state index contributed by atoms with van der Waals surface area (Å²) in [6.45, 7) is 4.76. The van der Waals surface area contributed by atoms with E-state index in [1.807, 2.05) is 18.7 Å². The van der Waals surface area contributed by atoms with E-state index >= 15 is 0 Å². The summed E-state index contributed by atoms with van der Waals surface area (Å²) in [6, 6.07) is 1.24. The summed E-state index contributed by atoms with van der Waals surface area (Å²) in [6.07, 6.45) is 1.15. The second-order valence-corrected chi connectivity index (χ2v) is 4.58. The summed E-state index contributed by atoms with van der Waals surface area (Å²) in [5.41, 5.74) is 5.57. The molecule has 1 aromatic heterocycles. The van der Waals surface area contributed by atoms with E-state index in [1.54, 1.807) is 7.05 Å². The van der Waals surface area contributed by atoms with Gasteiger partial charge in [0, 0.05) is 19.7 Å². The highest BCUT2D eigenvalue weighted by Gasteiger charge is 2.18. The van der Waals surface area contributed by atoms with Gasteiger partial charge in [-0.25, -0.2) is 4.98 Å². The van der Waals surface area contributed by atoms with E-state index < -0.39 is 4.92 Å². The molecular formula is C11H17N5O3. The fourth-order valence-corrected chi connectivity index (χ4v) is 1.73. The van der Waals surface area contributed by atoms with Gasteiger partial charge in [-0.15, -0.1) is 0 Å². The van der Waals surface area contributed by atoms with Gasteiger partial charge in [0.1, 0.15) is 12.0 Å². The Bertz CT molecular complexity index is 501. The van der Waals surface area contributed by atoms with Crippen molar-refractivity contribution in [3.05, 3.63) is 27.9 Å². The third-order valence-corrected chi connectivity index (χ3v) is 2.45. The second-order valence-electron chi connectivity index (χ2n) is 4.58. The summed E-state index contributed by atoms with van der Waals surface area (Å²) in [7, 11) is 1.79. The molecule has 0 aliphatic rings. The minimum absolute atomic E-state index is 0.205. The van der Waals surface area contributed by atoms with Gasteiger partial charge < -0.3 is 15.8 Å². The van der Waals surface area contributed by atoms with Crippen molar-refractivity contribution in [2.45, 2.75) is 13.8 Å². The van der Waals surface area contributed by atoms with Crippen LogP contribution in [-0.4, -0.2) is 34.5 Å². The molecule has 1 aromatic rings. The zero-order valence-electron chi connectivity index (χ0n) is 11.1. The van der Waals surface area contributed by atoms with Crippen LogP contribution in [0.25, 0.3) is 0 Å². The van der Waals surface area contributed by atoms with E-state index in [1.165, 1.54) is 6.07 Å². The summed E-state index contributed by atoms with van der Waals surface area (Å²) in [4.78, 5) is 16.0. The van der Waals surface area contributed by atoms with Crippen LogP contribution in [0.3, 0.4) is 0 Å². The first-order valence-corrected chi connectivity index (χ1v) is 5.70. The molecule has 0 bridgehead atoms. The number of nitro groups is 1. The van der Waals surface area contributed by atoms with Crippen molar-refractivity contribution in [2.75, 3.05) is 18.5 Å². The fraction of sp³-hybridized carbons (Fsp3) is 0.455. The smallest absolute Gasteiger partial charge is 0.288 e. The van der Waals surface area contributed by atoms with Crippen LogP contribution in [0.5, 0.6) is 0 Å². The van der Waals surface area contributed by atoms with E-state index in [4.69, 9.17) is 10.9 Å². The molecule has 0 spiro atoms. The van der Waals surface area contributed by atoms with Crippen LogP contribution in [-0.2, 0) is 0 Å². The van der Waals surface area contributed by atoms with E-state index in [2.05, 4.69) is 10.1 Å². The number of oxime groups is 1. The quantitative estimate of drug-likeness (QED) is 0.272. The first-order chi connectivity index (χ1) is 8.86. The van der Waals surface area contributed by atoms with Crippen molar-refractivity contribution in [1.82, 2.24) is 4.98 Å². The highest BCUT2D eigenvalue weighted by Crippen LogP contribution is 2.22. The number of hydrogen-bond donors (Lipinski definition) is 2. The molecule has 0 saturated heterocycles. The average Bonchev–Trinajstić information content (AvgIpc) is 2.36. The molecule has 1 heterocycles. The molecule has 0 aromatic carbocycles. The molecule has 0 aliphatic heterocycles. The number of nitrogens with zero attached hydrogens (tertiary/aromatic N) is 4. The van der Waals surface area contributed by atoms with Gasteiger partial charge in [0.05, 0.1) is 10.5 Å². The number of rotatable bonds is 5. The molecule has 8 heteroatoms. The Kier molecular flexibility index (Phi) is 4.62. The monoisotopic (exact) mass is 267 g/mol. The molecule has 0 radical (unpaired) electrons. The molecule has 0 saturated carbocycles. The third-order valence-electron chi connectivity index (χ3n) is 2.45. The molecule has 8 nitrogen and oxygen atoms in total. The van der Waals surface area contributed by atoms with Gasteiger partial charge in [-0.3, -0.25) is 10.1 Å². The van der Waals surface area contributed by atoms with Crippen molar-refractivity contribution < 1.29 is 10.1 Å². The van der Waals surface area contributed by atoms with Crippen LogP contribution in [0.4, 0.5) is 11.5 Å². The Balaban J connectivity index is 3.27. The second kappa shape index (κ2) is 5.98. The summed E-state index contributed by atoms with van der Waals surface area (Å²) < 4.78 is 0. The number of pyridine rings is 1. The number of amidine groups is 1. The first-order valence-electron chi connectivity index (χ1n) is 5.70. The standard InChI is InChI=1S/C11H17N5O3/c1-7(2)6-15(3)11-9(10(12)14-17)4-8(5-13-11)16(18)19/h4-5,7,17H,6H2,1-3H3,(H2,12,14). The number of anilines is 1. The fourth-order valence-electron chi connectivity index (χ4n) is 1.73. The molecule has 104 valence electrons. The lowest BCUT2D eigenvalue weighted by Gasteiger charge is -2.22. The van der Waals surface area contributed by atoms with Gasteiger partial charge in [0.15, 0.2) is 5.84 Å². The van der Waals surface area contributed by atoms with E-state index in [0.29, 0.717) is 18.3 Å². The first kappa shape index (κ1) is 14.7. The normalized spacial score (nSPS) is 11.7. The third kappa shape index (κ3) is 3.54. The Labute approximate surface area is 110 Å². The molecule has 0 atom stereocenters. The van der Waals surface area contributed by atoms with Gasteiger partial charge in [0.2, 0.25) is 0 Å².